The van der Waals surface area contributed by atoms with E-state index in [0.717, 1.165) is 54.1 Å². The Bertz CT molecular complexity index is 1150. The number of nitrogens with one attached hydrogen (secondary N) is 1. The zero-order valence-electron chi connectivity index (χ0n) is 17.1. The smallest absolute Gasteiger partial charge is 0.251 e. The van der Waals surface area contributed by atoms with Crippen LogP contribution in [0.5, 0.6) is 0 Å². The molecule has 1 saturated carbocycles. The largest absolute Gasteiger partial charge is 0.365 e. The van der Waals surface area contributed by atoms with Crippen molar-refractivity contribution in [1.82, 2.24) is 14.8 Å². The molecule has 1 atom stereocenters. The van der Waals surface area contributed by atoms with Crippen molar-refractivity contribution in [1.29, 1.82) is 0 Å². The number of primary amides is 1. The van der Waals surface area contributed by atoms with E-state index in [9.17, 15) is 9.59 Å². The maximum absolute atomic E-state index is 13.0. The van der Waals surface area contributed by atoms with Crippen LogP contribution in [-0.2, 0) is 17.6 Å². The number of anilines is 1. The molecular weight excluding hydrogens is 430 g/mol. The van der Waals surface area contributed by atoms with Gasteiger partial charge in [-0.25, -0.2) is 0 Å². The van der Waals surface area contributed by atoms with E-state index in [1.54, 1.807) is 0 Å². The summed E-state index contributed by atoms with van der Waals surface area (Å²) < 4.78 is 2.06. The van der Waals surface area contributed by atoms with E-state index in [2.05, 4.69) is 20.1 Å². The summed E-state index contributed by atoms with van der Waals surface area (Å²) in [5.41, 5.74) is 8.10. The van der Waals surface area contributed by atoms with Crippen LogP contribution in [0.25, 0.3) is 5.69 Å². The molecule has 2 aromatic heterocycles. The molecule has 3 aromatic rings. The number of nitrogens with two attached hydrogens (primary N) is 1. The molecule has 0 unspecified atom stereocenters. The van der Waals surface area contributed by atoms with E-state index in [1.807, 2.05) is 37.3 Å². The van der Waals surface area contributed by atoms with Gasteiger partial charge in [0.15, 0.2) is 5.16 Å². The number of benzene rings is 1. The Kier molecular flexibility index (Phi) is 5.31. The standard InChI is InChI=1S/C22H23N5O2S2/c1-12(20(29)24-21-17(18(23)28)15-8-5-9-16(15)31-21)30-22-26-25-19(13-10-11-13)27(22)14-6-3-2-4-7-14/h2-4,6-7,12-13H,5,8-11H2,1H3,(H2,23,28)(H,24,29)/t12-/m0/s1. The molecular formula is C22H23N5O2S2. The Balaban J connectivity index is 1.37. The second-order valence-corrected chi connectivity index (χ2v) is 10.4. The molecule has 0 radical (unpaired) electrons. The van der Waals surface area contributed by atoms with E-state index in [4.69, 9.17) is 5.73 Å². The molecule has 9 heteroatoms. The van der Waals surface area contributed by atoms with Crippen molar-refractivity contribution < 1.29 is 9.59 Å². The number of para-hydroxylation sites is 1. The van der Waals surface area contributed by atoms with Gasteiger partial charge in [0.05, 0.1) is 10.8 Å². The fraction of sp³-hybridized carbons (Fsp3) is 0.364. The average molecular weight is 454 g/mol. The fourth-order valence-electron chi connectivity index (χ4n) is 3.96. The maximum atomic E-state index is 13.0. The van der Waals surface area contributed by atoms with Crippen LogP contribution in [0.1, 0.15) is 58.7 Å². The highest BCUT2D eigenvalue weighted by Crippen LogP contribution is 2.42. The summed E-state index contributed by atoms with van der Waals surface area (Å²) in [5, 5.41) is 12.6. The minimum atomic E-state index is -0.479. The third-order valence-corrected chi connectivity index (χ3v) is 7.92. The van der Waals surface area contributed by atoms with Gasteiger partial charge in [-0.3, -0.25) is 14.2 Å². The van der Waals surface area contributed by atoms with Crippen LogP contribution in [0.3, 0.4) is 0 Å². The summed E-state index contributed by atoms with van der Waals surface area (Å²) in [6.07, 6.45) is 5.04. The van der Waals surface area contributed by atoms with Crippen molar-refractivity contribution in [2.75, 3.05) is 5.32 Å². The molecule has 2 aliphatic rings. The summed E-state index contributed by atoms with van der Waals surface area (Å²) in [6, 6.07) is 9.99. The number of thioether (sulfide) groups is 1. The number of carbonyl (C=O) groups is 2. The first kappa shape index (κ1) is 20.3. The lowest BCUT2D eigenvalue weighted by Gasteiger charge is -2.14. The Morgan fingerprint density at radius 1 is 1.23 bits per heavy atom. The van der Waals surface area contributed by atoms with Gasteiger partial charge in [0, 0.05) is 16.5 Å². The lowest BCUT2D eigenvalue weighted by molar-refractivity contribution is -0.115. The van der Waals surface area contributed by atoms with E-state index in [-0.39, 0.29) is 5.91 Å². The van der Waals surface area contributed by atoms with Crippen LogP contribution < -0.4 is 11.1 Å². The predicted molar refractivity (Wildman–Crippen MR) is 122 cm³/mol. The van der Waals surface area contributed by atoms with E-state index in [1.165, 1.54) is 23.1 Å². The molecule has 31 heavy (non-hydrogen) atoms. The highest BCUT2D eigenvalue weighted by atomic mass is 32.2. The van der Waals surface area contributed by atoms with E-state index < -0.39 is 11.2 Å². The van der Waals surface area contributed by atoms with Crippen LogP contribution in [0.15, 0.2) is 35.5 Å². The van der Waals surface area contributed by atoms with Gasteiger partial charge in [-0.2, -0.15) is 0 Å². The molecule has 7 nitrogen and oxygen atoms in total. The van der Waals surface area contributed by atoms with Gasteiger partial charge in [-0.1, -0.05) is 30.0 Å². The Labute approximate surface area is 188 Å². The summed E-state index contributed by atoms with van der Waals surface area (Å²) in [5.74, 6) is 0.723. The molecule has 0 spiro atoms. The molecule has 2 heterocycles. The molecule has 2 aliphatic carbocycles. The second-order valence-electron chi connectivity index (χ2n) is 7.96. The van der Waals surface area contributed by atoms with Crippen LogP contribution in [-0.4, -0.2) is 31.8 Å². The molecule has 0 bridgehead atoms. The Hall–Kier alpha value is -2.65. The summed E-state index contributed by atoms with van der Waals surface area (Å²) in [4.78, 5) is 26.1. The van der Waals surface area contributed by atoms with Crippen molar-refractivity contribution in [3.8, 4) is 5.69 Å². The minimum absolute atomic E-state index is 0.178. The Morgan fingerprint density at radius 3 is 2.71 bits per heavy atom. The van der Waals surface area contributed by atoms with Gasteiger partial charge < -0.3 is 11.1 Å². The number of hydrogen-bond donors (Lipinski definition) is 2. The zero-order chi connectivity index (χ0) is 21.5. The summed E-state index contributed by atoms with van der Waals surface area (Å²) in [6.45, 7) is 1.84. The van der Waals surface area contributed by atoms with Crippen molar-refractivity contribution in [3.63, 3.8) is 0 Å². The van der Waals surface area contributed by atoms with Crippen molar-refractivity contribution in [3.05, 3.63) is 52.2 Å². The highest BCUT2D eigenvalue weighted by Gasteiger charge is 2.32. The van der Waals surface area contributed by atoms with Crippen LogP contribution >= 0.6 is 23.1 Å². The SMILES string of the molecule is C[C@H](Sc1nnc(C2CC2)n1-c1ccccc1)C(=O)Nc1sc2c(c1C(N)=O)CCC2. The highest BCUT2D eigenvalue weighted by molar-refractivity contribution is 8.00. The number of carbonyl (C=O) groups excluding carboxylic acids is 2. The number of amides is 2. The average Bonchev–Trinajstić information content (AvgIpc) is 3.20. The first-order chi connectivity index (χ1) is 15.0. The quantitative estimate of drug-likeness (QED) is 0.528. The number of thiophene rings is 1. The van der Waals surface area contributed by atoms with Crippen LogP contribution in [0.2, 0.25) is 0 Å². The third-order valence-electron chi connectivity index (χ3n) is 5.67. The first-order valence-corrected chi connectivity index (χ1v) is 12.1. The van der Waals surface area contributed by atoms with Gasteiger partial charge in [-0.05, 0) is 56.7 Å². The third kappa shape index (κ3) is 3.87. The number of nitrogens with zero attached hydrogens (tertiary/aromatic N) is 3. The van der Waals surface area contributed by atoms with Gasteiger partial charge in [-0.15, -0.1) is 21.5 Å². The number of hydrogen-bond acceptors (Lipinski definition) is 6. The van der Waals surface area contributed by atoms with Crippen LogP contribution in [0, 0.1) is 0 Å². The first-order valence-electron chi connectivity index (χ1n) is 10.5. The molecule has 3 N–H and O–H groups in total. The van der Waals surface area contributed by atoms with E-state index in [0.29, 0.717) is 21.6 Å². The van der Waals surface area contributed by atoms with E-state index >= 15 is 0 Å². The predicted octanol–water partition coefficient (Wildman–Crippen LogP) is 3.91. The minimum Gasteiger partial charge on any atom is -0.365 e. The topological polar surface area (TPSA) is 103 Å². The van der Waals surface area contributed by atoms with Crippen molar-refractivity contribution in [2.45, 2.75) is 55.4 Å². The number of rotatable bonds is 7. The van der Waals surface area contributed by atoms with Crippen molar-refractivity contribution in [2.24, 2.45) is 5.73 Å². The molecule has 0 aliphatic heterocycles. The van der Waals surface area contributed by atoms with Crippen LogP contribution in [0.4, 0.5) is 5.00 Å². The molecule has 0 saturated heterocycles. The van der Waals surface area contributed by atoms with Gasteiger partial charge >= 0.3 is 0 Å². The molecule has 5 rings (SSSR count). The summed E-state index contributed by atoms with van der Waals surface area (Å²) >= 11 is 2.84. The molecule has 2 amide bonds. The molecule has 1 aromatic carbocycles. The zero-order valence-corrected chi connectivity index (χ0v) is 18.8. The normalized spacial score (nSPS) is 16.2. The number of aryl methyl sites for hydroxylation is 1. The monoisotopic (exact) mass is 453 g/mol. The fourth-order valence-corrected chi connectivity index (χ4v) is 6.13. The second kappa shape index (κ2) is 8.12. The van der Waals surface area contributed by atoms with Gasteiger partial charge in [0.1, 0.15) is 10.8 Å². The maximum Gasteiger partial charge on any atom is 0.251 e. The molecule has 160 valence electrons. The summed E-state index contributed by atoms with van der Waals surface area (Å²) in [7, 11) is 0. The number of aromatic nitrogens is 3. The number of fused-ring (bicyclic) bond motifs is 1. The lowest BCUT2D eigenvalue weighted by atomic mass is 10.1. The molecule has 1 fully saturated rings. The lowest BCUT2D eigenvalue weighted by Crippen LogP contribution is -2.24. The van der Waals surface area contributed by atoms with Gasteiger partial charge in [0.2, 0.25) is 5.91 Å². The van der Waals surface area contributed by atoms with Gasteiger partial charge in [0.25, 0.3) is 5.91 Å². The van der Waals surface area contributed by atoms with Crippen molar-refractivity contribution >= 4 is 39.9 Å². The Morgan fingerprint density at radius 2 is 2.00 bits per heavy atom.